The first-order valence-corrected chi connectivity index (χ1v) is 4.72. The lowest BCUT2D eigenvalue weighted by Crippen LogP contribution is -2.19. The Morgan fingerprint density at radius 1 is 1.40 bits per heavy atom. The van der Waals surface area contributed by atoms with Crippen LogP contribution in [0.1, 0.15) is 11.6 Å². The van der Waals surface area contributed by atoms with E-state index in [1.165, 1.54) is 13.2 Å². The molecule has 15 heavy (non-hydrogen) atoms. The molecule has 2 nitrogen and oxygen atoms in total. The second-order valence-corrected chi connectivity index (χ2v) is 3.66. The summed E-state index contributed by atoms with van der Waals surface area (Å²) in [6.07, 6.45) is -2.60. The van der Waals surface area contributed by atoms with Gasteiger partial charge in [-0.2, -0.15) is 0 Å². The van der Waals surface area contributed by atoms with Gasteiger partial charge in [0.15, 0.2) is 0 Å². The van der Waals surface area contributed by atoms with E-state index in [2.05, 4.69) is 15.9 Å². The van der Waals surface area contributed by atoms with Crippen molar-refractivity contribution in [2.24, 2.45) is 5.73 Å². The summed E-state index contributed by atoms with van der Waals surface area (Å²) in [5, 5.41) is 0. The lowest BCUT2D eigenvalue weighted by atomic mass is 10.1. The van der Waals surface area contributed by atoms with E-state index in [4.69, 9.17) is 10.5 Å². The Hall–Kier alpha value is -0.390. The van der Waals surface area contributed by atoms with Gasteiger partial charge in [0, 0.05) is 10.0 Å². The minimum absolute atomic E-state index is 0. The molecule has 0 unspecified atom stereocenters. The van der Waals surface area contributed by atoms with Crippen molar-refractivity contribution in [3.8, 4) is 5.75 Å². The Labute approximate surface area is 101 Å². The molecule has 0 bridgehead atoms. The largest absolute Gasteiger partial charge is 0.496 e. The Morgan fingerprint density at radius 3 is 2.47 bits per heavy atom. The molecule has 0 saturated carbocycles. The number of alkyl halides is 2. The zero-order chi connectivity index (χ0) is 10.7. The number of hydrogen-bond donors (Lipinski definition) is 1. The Balaban J connectivity index is 0.00000196. The van der Waals surface area contributed by atoms with Crippen LogP contribution in [0.15, 0.2) is 22.7 Å². The molecule has 0 aliphatic heterocycles. The predicted octanol–water partition coefficient (Wildman–Crippen LogP) is 3.14. The lowest BCUT2D eigenvalue weighted by Gasteiger charge is -2.14. The molecule has 0 radical (unpaired) electrons. The quantitative estimate of drug-likeness (QED) is 0.931. The molecular weight excluding hydrogens is 291 g/mol. The fraction of sp³-hybridized carbons (Fsp3) is 0.333. The van der Waals surface area contributed by atoms with Crippen molar-refractivity contribution < 1.29 is 13.5 Å². The van der Waals surface area contributed by atoms with Crippen molar-refractivity contribution in [3.63, 3.8) is 0 Å². The average molecular weight is 303 g/mol. The maximum Gasteiger partial charge on any atom is 0.257 e. The first-order valence-electron chi connectivity index (χ1n) is 3.93. The summed E-state index contributed by atoms with van der Waals surface area (Å²) >= 11 is 3.19. The van der Waals surface area contributed by atoms with Gasteiger partial charge in [-0.15, -0.1) is 12.4 Å². The minimum atomic E-state index is -2.60. The number of halogens is 4. The number of benzene rings is 1. The molecule has 1 atom stereocenters. The number of rotatable bonds is 3. The molecule has 1 aromatic rings. The highest BCUT2D eigenvalue weighted by Gasteiger charge is 2.21. The summed E-state index contributed by atoms with van der Waals surface area (Å²) in [6.45, 7) is 0. The van der Waals surface area contributed by atoms with Gasteiger partial charge < -0.3 is 10.5 Å². The monoisotopic (exact) mass is 301 g/mol. The van der Waals surface area contributed by atoms with Gasteiger partial charge in [-0.1, -0.05) is 15.9 Å². The van der Waals surface area contributed by atoms with Gasteiger partial charge in [0.05, 0.1) is 13.2 Å². The maximum absolute atomic E-state index is 12.4. The highest BCUT2D eigenvalue weighted by Crippen LogP contribution is 2.30. The van der Waals surface area contributed by atoms with Crippen molar-refractivity contribution in [3.05, 3.63) is 28.2 Å². The van der Waals surface area contributed by atoms with Crippen LogP contribution < -0.4 is 10.5 Å². The molecule has 0 aliphatic rings. The molecule has 1 aromatic carbocycles. The first kappa shape index (κ1) is 14.6. The molecule has 86 valence electrons. The van der Waals surface area contributed by atoms with E-state index in [-0.39, 0.29) is 12.4 Å². The maximum atomic E-state index is 12.4. The topological polar surface area (TPSA) is 35.2 Å². The molecule has 0 fully saturated rings. The molecular formula is C9H11BrClF2NO. The zero-order valence-corrected chi connectivity index (χ0v) is 10.3. The van der Waals surface area contributed by atoms with E-state index < -0.39 is 12.5 Å². The van der Waals surface area contributed by atoms with Crippen molar-refractivity contribution >= 4 is 28.3 Å². The number of ether oxygens (including phenoxy) is 1. The third-order valence-electron chi connectivity index (χ3n) is 1.82. The average Bonchev–Trinajstić information content (AvgIpc) is 2.16. The van der Waals surface area contributed by atoms with Crippen molar-refractivity contribution in [2.45, 2.75) is 12.5 Å². The van der Waals surface area contributed by atoms with Crippen LogP contribution in [0.3, 0.4) is 0 Å². The van der Waals surface area contributed by atoms with Crippen LogP contribution in [0.5, 0.6) is 5.75 Å². The van der Waals surface area contributed by atoms with E-state index >= 15 is 0 Å². The zero-order valence-electron chi connectivity index (χ0n) is 7.91. The predicted molar refractivity (Wildman–Crippen MR) is 60.9 cm³/mol. The third-order valence-corrected chi connectivity index (χ3v) is 2.32. The smallest absolute Gasteiger partial charge is 0.257 e. The van der Waals surface area contributed by atoms with E-state index in [0.29, 0.717) is 15.8 Å². The molecule has 2 N–H and O–H groups in total. The summed E-state index contributed by atoms with van der Waals surface area (Å²) in [7, 11) is 1.42. The molecule has 0 aliphatic carbocycles. The Morgan fingerprint density at radius 2 is 2.00 bits per heavy atom. The fourth-order valence-electron chi connectivity index (χ4n) is 1.10. The minimum Gasteiger partial charge on any atom is -0.496 e. The van der Waals surface area contributed by atoms with E-state index in [1.54, 1.807) is 12.1 Å². The second kappa shape index (κ2) is 6.25. The summed E-state index contributed by atoms with van der Waals surface area (Å²) in [5.41, 5.74) is 5.63. The first-order chi connectivity index (χ1) is 6.56. The molecule has 0 heterocycles. The molecule has 6 heteroatoms. The highest BCUT2D eigenvalue weighted by atomic mass is 79.9. The highest BCUT2D eigenvalue weighted by molar-refractivity contribution is 9.10. The molecule has 0 saturated heterocycles. The van der Waals surface area contributed by atoms with Crippen LogP contribution in [-0.2, 0) is 0 Å². The summed E-state index contributed by atoms with van der Waals surface area (Å²) in [6, 6.07) is 3.53. The number of methoxy groups -OCH3 is 1. The Bertz CT molecular complexity index is 325. The third kappa shape index (κ3) is 3.59. The fourth-order valence-corrected chi connectivity index (χ4v) is 1.48. The van der Waals surface area contributed by atoms with E-state index in [0.717, 1.165) is 0 Å². The van der Waals surface area contributed by atoms with Gasteiger partial charge in [-0.05, 0) is 18.2 Å². The van der Waals surface area contributed by atoms with Crippen LogP contribution in [0.4, 0.5) is 8.78 Å². The summed E-state index contributed by atoms with van der Waals surface area (Å²) in [4.78, 5) is 0. The molecule has 1 rings (SSSR count). The lowest BCUT2D eigenvalue weighted by molar-refractivity contribution is 0.115. The van der Waals surface area contributed by atoms with Gasteiger partial charge in [-0.25, -0.2) is 8.78 Å². The van der Waals surface area contributed by atoms with Gasteiger partial charge in [0.1, 0.15) is 5.75 Å². The summed E-state index contributed by atoms with van der Waals surface area (Å²) in [5.74, 6) is 0.376. The molecule has 0 amide bonds. The van der Waals surface area contributed by atoms with Crippen LogP contribution in [-0.4, -0.2) is 13.5 Å². The normalized spacial score (nSPS) is 12.1. The van der Waals surface area contributed by atoms with Crippen LogP contribution in [0.2, 0.25) is 0 Å². The van der Waals surface area contributed by atoms with Crippen LogP contribution in [0.25, 0.3) is 0 Å². The van der Waals surface area contributed by atoms with Gasteiger partial charge >= 0.3 is 0 Å². The SMILES string of the molecule is COc1ccc(Br)cc1[C@@H](N)C(F)F.Cl. The molecule has 0 spiro atoms. The number of hydrogen-bond acceptors (Lipinski definition) is 2. The van der Waals surface area contributed by atoms with E-state index in [9.17, 15) is 8.78 Å². The molecule has 0 aromatic heterocycles. The van der Waals surface area contributed by atoms with Crippen LogP contribution >= 0.6 is 28.3 Å². The van der Waals surface area contributed by atoms with Crippen molar-refractivity contribution in [1.82, 2.24) is 0 Å². The standard InChI is InChI=1S/C9H10BrF2NO.ClH/c1-14-7-3-2-5(10)4-6(7)8(13)9(11)12;/h2-4,8-9H,13H2,1H3;1H/t8-;/m1./s1. The van der Waals surface area contributed by atoms with Crippen molar-refractivity contribution in [1.29, 1.82) is 0 Å². The number of nitrogens with two attached hydrogens (primary N) is 1. The van der Waals surface area contributed by atoms with Gasteiger partial charge in [0.25, 0.3) is 6.43 Å². The van der Waals surface area contributed by atoms with E-state index in [1.807, 2.05) is 0 Å². The summed E-state index contributed by atoms with van der Waals surface area (Å²) < 4.78 is 30.4. The van der Waals surface area contributed by atoms with Crippen molar-refractivity contribution in [2.75, 3.05) is 7.11 Å². The van der Waals surface area contributed by atoms with Crippen LogP contribution in [0, 0.1) is 0 Å². The van der Waals surface area contributed by atoms with Gasteiger partial charge in [0.2, 0.25) is 0 Å². The second-order valence-electron chi connectivity index (χ2n) is 2.75. The van der Waals surface area contributed by atoms with Gasteiger partial charge in [-0.3, -0.25) is 0 Å². The Kier molecular flexibility index (Phi) is 6.09.